The number of fused-ring (bicyclic) bond motifs is 1. The third-order valence-electron chi connectivity index (χ3n) is 3.53. The number of imidazole rings is 1. The maximum absolute atomic E-state index is 11.1. The van der Waals surface area contributed by atoms with E-state index in [-0.39, 0.29) is 5.43 Å². The van der Waals surface area contributed by atoms with Gasteiger partial charge < -0.3 is 9.55 Å². The standard InChI is InChI=1S/C17H11ClN4O/c18-12-2-3-14-15(9-12)21-17(20-14)11-1-4-16(19-10-11)22-7-5-13(23)6-8-22/h1-10H,(H,20,21). The number of hydrogen-bond acceptors (Lipinski definition) is 3. The van der Waals surface area contributed by atoms with Gasteiger partial charge in [-0.05, 0) is 30.3 Å². The molecule has 112 valence electrons. The molecule has 1 aromatic carbocycles. The lowest BCUT2D eigenvalue weighted by Crippen LogP contribution is -2.03. The van der Waals surface area contributed by atoms with Crippen LogP contribution in [0.5, 0.6) is 0 Å². The fraction of sp³-hybridized carbons (Fsp3) is 0. The van der Waals surface area contributed by atoms with Gasteiger partial charge in [0.2, 0.25) is 0 Å². The molecule has 0 aliphatic carbocycles. The zero-order chi connectivity index (χ0) is 15.8. The molecule has 1 N–H and O–H groups in total. The molecule has 4 aromatic rings. The summed E-state index contributed by atoms with van der Waals surface area (Å²) in [5.74, 6) is 1.47. The number of aromatic nitrogens is 4. The predicted octanol–water partition coefficient (Wildman–Crippen LogP) is 3.43. The van der Waals surface area contributed by atoms with Gasteiger partial charge in [0.1, 0.15) is 11.6 Å². The van der Waals surface area contributed by atoms with Crippen LogP contribution in [-0.4, -0.2) is 19.5 Å². The molecular weight excluding hydrogens is 312 g/mol. The zero-order valence-electron chi connectivity index (χ0n) is 11.9. The Kier molecular flexibility index (Phi) is 3.20. The van der Waals surface area contributed by atoms with Gasteiger partial charge in [0.25, 0.3) is 0 Å². The van der Waals surface area contributed by atoms with Crippen molar-refractivity contribution in [1.29, 1.82) is 0 Å². The number of aromatic amines is 1. The Labute approximate surface area is 136 Å². The summed E-state index contributed by atoms with van der Waals surface area (Å²) in [6.07, 6.45) is 5.12. The van der Waals surface area contributed by atoms with E-state index in [1.165, 1.54) is 12.1 Å². The van der Waals surface area contributed by atoms with Crippen molar-refractivity contribution >= 4 is 22.6 Å². The molecule has 0 unspecified atom stereocenters. The van der Waals surface area contributed by atoms with Crippen LogP contribution in [-0.2, 0) is 0 Å². The molecule has 3 aromatic heterocycles. The summed E-state index contributed by atoms with van der Waals surface area (Å²) in [5.41, 5.74) is 2.59. The van der Waals surface area contributed by atoms with Gasteiger partial charge in [0.05, 0.1) is 11.0 Å². The minimum atomic E-state index is -0.0289. The summed E-state index contributed by atoms with van der Waals surface area (Å²) in [6.45, 7) is 0. The van der Waals surface area contributed by atoms with E-state index in [1.54, 1.807) is 23.2 Å². The molecule has 4 rings (SSSR count). The maximum Gasteiger partial charge on any atom is 0.181 e. The minimum Gasteiger partial charge on any atom is -0.338 e. The molecule has 0 amide bonds. The summed E-state index contributed by atoms with van der Waals surface area (Å²) >= 11 is 5.99. The Morgan fingerprint density at radius 2 is 1.87 bits per heavy atom. The SMILES string of the molecule is O=c1ccn(-c2ccc(-c3nc4ccc(Cl)cc4[nH]3)cn2)cc1. The van der Waals surface area contributed by atoms with Crippen molar-refractivity contribution in [1.82, 2.24) is 19.5 Å². The lowest BCUT2D eigenvalue weighted by Gasteiger charge is -2.04. The topological polar surface area (TPSA) is 63.6 Å². The van der Waals surface area contributed by atoms with Gasteiger partial charge in [0.15, 0.2) is 5.43 Å². The number of pyridine rings is 2. The van der Waals surface area contributed by atoms with Gasteiger partial charge in [-0.3, -0.25) is 4.79 Å². The lowest BCUT2D eigenvalue weighted by molar-refractivity contribution is 0.979. The second kappa shape index (κ2) is 5.37. The summed E-state index contributed by atoms with van der Waals surface area (Å²) < 4.78 is 1.78. The van der Waals surface area contributed by atoms with Crippen molar-refractivity contribution in [2.75, 3.05) is 0 Å². The molecule has 3 heterocycles. The largest absolute Gasteiger partial charge is 0.338 e. The number of benzene rings is 1. The molecule has 23 heavy (non-hydrogen) atoms. The minimum absolute atomic E-state index is 0.0289. The van der Waals surface area contributed by atoms with Gasteiger partial charge in [-0.2, -0.15) is 0 Å². The summed E-state index contributed by atoms with van der Waals surface area (Å²) in [6, 6.07) is 12.3. The smallest absolute Gasteiger partial charge is 0.181 e. The average Bonchev–Trinajstić information content (AvgIpc) is 2.99. The lowest BCUT2D eigenvalue weighted by atomic mass is 10.2. The van der Waals surface area contributed by atoms with E-state index >= 15 is 0 Å². The van der Waals surface area contributed by atoms with E-state index in [4.69, 9.17) is 11.6 Å². The molecule has 0 saturated carbocycles. The van der Waals surface area contributed by atoms with Crippen LogP contribution in [0.15, 0.2) is 65.8 Å². The molecule has 0 aliphatic rings. The van der Waals surface area contributed by atoms with E-state index in [1.807, 2.05) is 30.3 Å². The Balaban J connectivity index is 1.71. The van der Waals surface area contributed by atoms with Crippen molar-refractivity contribution in [2.24, 2.45) is 0 Å². The van der Waals surface area contributed by atoms with Gasteiger partial charge >= 0.3 is 0 Å². The highest BCUT2D eigenvalue weighted by atomic mass is 35.5. The van der Waals surface area contributed by atoms with E-state index in [2.05, 4.69) is 15.0 Å². The first kappa shape index (κ1) is 13.7. The maximum atomic E-state index is 11.1. The first-order valence-corrected chi connectivity index (χ1v) is 7.37. The number of H-pyrrole nitrogens is 1. The van der Waals surface area contributed by atoms with Crippen LogP contribution in [0, 0.1) is 0 Å². The Morgan fingerprint density at radius 3 is 2.61 bits per heavy atom. The molecule has 0 aliphatic heterocycles. The van der Waals surface area contributed by atoms with Crippen molar-refractivity contribution in [3.05, 3.63) is 76.3 Å². The van der Waals surface area contributed by atoms with E-state index in [0.717, 1.165) is 28.2 Å². The van der Waals surface area contributed by atoms with E-state index < -0.39 is 0 Å². The second-order valence-corrected chi connectivity index (χ2v) is 5.53. The monoisotopic (exact) mass is 322 g/mol. The second-order valence-electron chi connectivity index (χ2n) is 5.09. The van der Waals surface area contributed by atoms with E-state index in [9.17, 15) is 4.79 Å². The highest BCUT2D eigenvalue weighted by Gasteiger charge is 2.06. The molecule has 6 heteroatoms. The number of nitrogens with zero attached hydrogens (tertiary/aromatic N) is 3. The van der Waals surface area contributed by atoms with Crippen LogP contribution in [0.4, 0.5) is 0 Å². The number of halogens is 1. The van der Waals surface area contributed by atoms with Gasteiger partial charge in [0, 0.05) is 41.3 Å². The molecule has 0 saturated heterocycles. The molecule has 5 nitrogen and oxygen atoms in total. The average molecular weight is 323 g/mol. The third kappa shape index (κ3) is 2.62. The van der Waals surface area contributed by atoms with Gasteiger partial charge in [-0.25, -0.2) is 9.97 Å². The molecular formula is C17H11ClN4O. The first-order valence-electron chi connectivity index (χ1n) is 6.99. The molecule has 0 fully saturated rings. The van der Waals surface area contributed by atoms with Crippen LogP contribution in [0.1, 0.15) is 0 Å². The van der Waals surface area contributed by atoms with E-state index in [0.29, 0.717) is 5.02 Å². The Hall–Kier alpha value is -2.92. The van der Waals surface area contributed by atoms with Crippen LogP contribution in [0.2, 0.25) is 5.02 Å². The molecule has 0 atom stereocenters. The number of rotatable bonds is 2. The summed E-state index contributed by atoms with van der Waals surface area (Å²) in [5, 5.41) is 0.666. The van der Waals surface area contributed by atoms with Crippen LogP contribution < -0.4 is 5.43 Å². The highest BCUT2D eigenvalue weighted by molar-refractivity contribution is 6.31. The fourth-order valence-electron chi connectivity index (χ4n) is 2.36. The number of hydrogen-bond donors (Lipinski definition) is 1. The first-order chi connectivity index (χ1) is 11.2. The van der Waals surface area contributed by atoms with Crippen molar-refractivity contribution in [3.63, 3.8) is 0 Å². The Morgan fingerprint density at radius 1 is 1.04 bits per heavy atom. The summed E-state index contributed by atoms with van der Waals surface area (Å²) in [4.78, 5) is 23.3. The molecule has 0 radical (unpaired) electrons. The van der Waals surface area contributed by atoms with Gasteiger partial charge in [-0.1, -0.05) is 11.6 Å². The quantitative estimate of drug-likeness (QED) is 0.615. The summed E-state index contributed by atoms with van der Waals surface area (Å²) in [7, 11) is 0. The fourth-order valence-corrected chi connectivity index (χ4v) is 2.54. The highest BCUT2D eigenvalue weighted by Crippen LogP contribution is 2.22. The third-order valence-corrected chi connectivity index (χ3v) is 3.76. The Bertz CT molecular complexity index is 1030. The van der Waals surface area contributed by atoms with Crippen LogP contribution >= 0.6 is 11.6 Å². The number of nitrogens with one attached hydrogen (secondary N) is 1. The van der Waals surface area contributed by atoms with Crippen LogP contribution in [0.3, 0.4) is 0 Å². The predicted molar refractivity (Wildman–Crippen MR) is 89.9 cm³/mol. The van der Waals surface area contributed by atoms with Gasteiger partial charge in [-0.15, -0.1) is 0 Å². The van der Waals surface area contributed by atoms with Crippen LogP contribution in [0.25, 0.3) is 28.2 Å². The van der Waals surface area contributed by atoms with Crippen molar-refractivity contribution in [3.8, 4) is 17.2 Å². The van der Waals surface area contributed by atoms with Crippen molar-refractivity contribution in [2.45, 2.75) is 0 Å². The normalized spacial score (nSPS) is 11.0. The zero-order valence-corrected chi connectivity index (χ0v) is 12.7. The van der Waals surface area contributed by atoms with Crippen molar-refractivity contribution < 1.29 is 0 Å². The molecule has 0 bridgehead atoms. The molecule has 0 spiro atoms.